The van der Waals surface area contributed by atoms with E-state index in [2.05, 4.69) is 5.32 Å². The molecule has 0 atom stereocenters. The molecule has 1 fully saturated rings. The van der Waals surface area contributed by atoms with Crippen LogP contribution in [0.4, 0.5) is 0 Å². The standard InChI is InChI=1S/C18H25NO4/c1-22-15-9-6-14(7-10-15)8-11-16(20)19-18(17(21)23-2)12-4-3-5-13-18/h6-7,9-10H,3-5,8,11-13H2,1-2H3,(H,19,20). The maximum absolute atomic E-state index is 12.3. The Labute approximate surface area is 137 Å². The third-order valence-electron chi connectivity index (χ3n) is 4.46. The Hall–Kier alpha value is -2.04. The molecular weight excluding hydrogens is 294 g/mol. The molecule has 126 valence electrons. The van der Waals surface area contributed by atoms with Gasteiger partial charge in [-0.05, 0) is 37.0 Å². The topological polar surface area (TPSA) is 64.6 Å². The molecule has 1 aromatic rings. The molecule has 0 aliphatic heterocycles. The van der Waals surface area contributed by atoms with Crippen molar-refractivity contribution in [1.82, 2.24) is 5.32 Å². The predicted molar refractivity (Wildman–Crippen MR) is 87.3 cm³/mol. The molecule has 0 spiro atoms. The third-order valence-corrected chi connectivity index (χ3v) is 4.46. The second-order valence-corrected chi connectivity index (χ2v) is 6.03. The van der Waals surface area contributed by atoms with Gasteiger partial charge >= 0.3 is 5.97 Å². The molecule has 1 amide bonds. The first kappa shape index (κ1) is 17.3. The van der Waals surface area contributed by atoms with E-state index < -0.39 is 5.54 Å². The fraction of sp³-hybridized carbons (Fsp3) is 0.556. The molecule has 5 heteroatoms. The maximum atomic E-state index is 12.3. The summed E-state index contributed by atoms with van der Waals surface area (Å²) >= 11 is 0. The lowest BCUT2D eigenvalue weighted by Gasteiger charge is -2.35. The van der Waals surface area contributed by atoms with Crippen LogP contribution in [-0.4, -0.2) is 31.6 Å². The van der Waals surface area contributed by atoms with E-state index in [0.29, 0.717) is 25.7 Å². The number of hydrogen-bond donors (Lipinski definition) is 1. The van der Waals surface area contributed by atoms with Crippen LogP contribution in [0, 0.1) is 0 Å². The van der Waals surface area contributed by atoms with Gasteiger partial charge in [0.1, 0.15) is 11.3 Å². The molecule has 0 saturated heterocycles. The Morgan fingerprint density at radius 1 is 1.09 bits per heavy atom. The maximum Gasteiger partial charge on any atom is 0.331 e. The van der Waals surface area contributed by atoms with Gasteiger partial charge < -0.3 is 14.8 Å². The minimum atomic E-state index is -0.829. The van der Waals surface area contributed by atoms with Gasteiger partial charge in [-0.25, -0.2) is 4.79 Å². The zero-order chi connectivity index (χ0) is 16.7. The number of carbonyl (C=O) groups is 2. The van der Waals surface area contributed by atoms with Crippen molar-refractivity contribution in [2.45, 2.75) is 50.5 Å². The fourth-order valence-electron chi connectivity index (χ4n) is 3.11. The van der Waals surface area contributed by atoms with Crippen molar-refractivity contribution in [3.8, 4) is 5.75 Å². The van der Waals surface area contributed by atoms with Gasteiger partial charge in [-0.15, -0.1) is 0 Å². The van der Waals surface area contributed by atoms with Crippen molar-refractivity contribution in [3.05, 3.63) is 29.8 Å². The summed E-state index contributed by atoms with van der Waals surface area (Å²) in [6.07, 6.45) is 5.28. The van der Waals surface area contributed by atoms with Crippen LogP contribution < -0.4 is 10.1 Å². The van der Waals surface area contributed by atoms with E-state index in [4.69, 9.17) is 9.47 Å². The van der Waals surface area contributed by atoms with Crippen LogP contribution >= 0.6 is 0 Å². The van der Waals surface area contributed by atoms with Crippen molar-refractivity contribution in [2.24, 2.45) is 0 Å². The van der Waals surface area contributed by atoms with Crippen LogP contribution in [0.2, 0.25) is 0 Å². The van der Waals surface area contributed by atoms with Gasteiger partial charge in [-0.1, -0.05) is 31.4 Å². The number of ether oxygens (including phenoxy) is 2. The molecule has 0 bridgehead atoms. The van der Waals surface area contributed by atoms with Gasteiger partial charge in [0.25, 0.3) is 0 Å². The Kier molecular flexibility index (Phi) is 6.02. The number of benzene rings is 1. The first-order valence-electron chi connectivity index (χ1n) is 8.12. The summed E-state index contributed by atoms with van der Waals surface area (Å²) in [6.45, 7) is 0. The SMILES string of the molecule is COC(=O)C1(NC(=O)CCc2ccc(OC)cc2)CCCCC1. The van der Waals surface area contributed by atoms with E-state index in [0.717, 1.165) is 30.6 Å². The molecule has 1 aromatic carbocycles. The van der Waals surface area contributed by atoms with E-state index in [9.17, 15) is 9.59 Å². The quantitative estimate of drug-likeness (QED) is 0.819. The van der Waals surface area contributed by atoms with Crippen LogP contribution in [0.1, 0.15) is 44.1 Å². The van der Waals surface area contributed by atoms with Crippen molar-refractivity contribution in [3.63, 3.8) is 0 Å². The highest BCUT2D eigenvalue weighted by molar-refractivity contribution is 5.88. The van der Waals surface area contributed by atoms with Crippen LogP contribution in [-0.2, 0) is 20.7 Å². The number of aryl methyl sites for hydroxylation is 1. The summed E-state index contributed by atoms with van der Waals surface area (Å²) in [4.78, 5) is 24.4. The number of methoxy groups -OCH3 is 2. The Morgan fingerprint density at radius 2 is 1.74 bits per heavy atom. The minimum Gasteiger partial charge on any atom is -0.497 e. The molecule has 0 aromatic heterocycles. The number of hydrogen-bond acceptors (Lipinski definition) is 4. The normalized spacial score (nSPS) is 16.4. The van der Waals surface area contributed by atoms with Crippen molar-refractivity contribution >= 4 is 11.9 Å². The summed E-state index contributed by atoms with van der Waals surface area (Å²) in [6, 6.07) is 7.65. The largest absolute Gasteiger partial charge is 0.497 e. The number of rotatable bonds is 6. The summed E-state index contributed by atoms with van der Waals surface area (Å²) in [5.74, 6) is 0.369. The zero-order valence-corrected chi connectivity index (χ0v) is 13.9. The van der Waals surface area contributed by atoms with Gasteiger partial charge in [-0.3, -0.25) is 4.79 Å². The second-order valence-electron chi connectivity index (χ2n) is 6.03. The van der Waals surface area contributed by atoms with Gasteiger partial charge in [0.15, 0.2) is 0 Å². The number of amides is 1. The number of carbonyl (C=O) groups excluding carboxylic acids is 2. The highest BCUT2D eigenvalue weighted by atomic mass is 16.5. The summed E-state index contributed by atoms with van der Waals surface area (Å²) in [5.41, 5.74) is 0.237. The van der Waals surface area contributed by atoms with E-state index in [1.165, 1.54) is 7.11 Å². The lowest BCUT2D eigenvalue weighted by molar-refractivity contribution is -0.152. The summed E-state index contributed by atoms with van der Waals surface area (Å²) in [5, 5.41) is 2.94. The van der Waals surface area contributed by atoms with Crippen molar-refractivity contribution in [1.29, 1.82) is 0 Å². The predicted octanol–water partition coefficient (Wildman–Crippen LogP) is 2.62. The van der Waals surface area contributed by atoms with Crippen molar-refractivity contribution < 1.29 is 19.1 Å². The Balaban J connectivity index is 1.92. The molecule has 2 rings (SSSR count). The zero-order valence-electron chi connectivity index (χ0n) is 13.9. The Bertz CT molecular complexity index is 532. The first-order chi connectivity index (χ1) is 11.1. The molecule has 0 heterocycles. The number of esters is 1. The highest BCUT2D eigenvalue weighted by Crippen LogP contribution is 2.29. The molecule has 5 nitrogen and oxygen atoms in total. The van der Waals surface area contributed by atoms with E-state index >= 15 is 0 Å². The molecule has 1 N–H and O–H groups in total. The molecular formula is C18H25NO4. The average molecular weight is 319 g/mol. The van der Waals surface area contributed by atoms with Crippen LogP contribution in [0.5, 0.6) is 5.75 Å². The fourth-order valence-corrected chi connectivity index (χ4v) is 3.11. The van der Waals surface area contributed by atoms with Crippen LogP contribution in [0.15, 0.2) is 24.3 Å². The molecule has 0 unspecified atom stereocenters. The van der Waals surface area contributed by atoms with Gasteiger partial charge in [-0.2, -0.15) is 0 Å². The van der Waals surface area contributed by atoms with Gasteiger partial charge in [0.2, 0.25) is 5.91 Å². The van der Waals surface area contributed by atoms with Crippen LogP contribution in [0.25, 0.3) is 0 Å². The van der Waals surface area contributed by atoms with E-state index in [1.807, 2.05) is 24.3 Å². The molecule has 0 radical (unpaired) electrons. The molecule has 1 aliphatic carbocycles. The minimum absolute atomic E-state index is 0.104. The lowest BCUT2D eigenvalue weighted by atomic mass is 9.81. The second kappa shape index (κ2) is 7.99. The molecule has 23 heavy (non-hydrogen) atoms. The average Bonchev–Trinajstić information content (AvgIpc) is 2.60. The van der Waals surface area contributed by atoms with E-state index in [-0.39, 0.29) is 11.9 Å². The third kappa shape index (κ3) is 4.47. The van der Waals surface area contributed by atoms with E-state index in [1.54, 1.807) is 7.11 Å². The van der Waals surface area contributed by atoms with Crippen LogP contribution in [0.3, 0.4) is 0 Å². The Morgan fingerprint density at radius 3 is 2.30 bits per heavy atom. The number of nitrogens with one attached hydrogen (secondary N) is 1. The summed E-state index contributed by atoms with van der Waals surface area (Å²) in [7, 11) is 3.00. The van der Waals surface area contributed by atoms with Gasteiger partial charge in [0.05, 0.1) is 14.2 Å². The van der Waals surface area contributed by atoms with Gasteiger partial charge in [0, 0.05) is 6.42 Å². The lowest BCUT2D eigenvalue weighted by Crippen LogP contribution is -2.56. The summed E-state index contributed by atoms with van der Waals surface area (Å²) < 4.78 is 10.0. The smallest absolute Gasteiger partial charge is 0.331 e. The monoisotopic (exact) mass is 319 g/mol. The molecule has 1 saturated carbocycles. The first-order valence-corrected chi connectivity index (χ1v) is 8.12. The highest BCUT2D eigenvalue weighted by Gasteiger charge is 2.41. The van der Waals surface area contributed by atoms with Crippen molar-refractivity contribution in [2.75, 3.05) is 14.2 Å². The molecule has 1 aliphatic rings.